The van der Waals surface area contributed by atoms with Gasteiger partial charge in [-0.1, -0.05) is 24.3 Å². The van der Waals surface area contributed by atoms with Crippen molar-refractivity contribution >= 4 is 22.6 Å². The Bertz CT molecular complexity index is 1440. The van der Waals surface area contributed by atoms with E-state index in [0.29, 0.717) is 36.3 Å². The second-order valence-electron chi connectivity index (χ2n) is 8.06. The summed E-state index contributed by atoms with van der Waals surface area (Å²) < 4.78 is 12.8. The summed E-state index contributed by atoms with van der Waals surface area (Å²) >= 11 is 0. The minimum Gasteiger partial charge on any atom is -0.493 e. The predicted octanol–water partition coefficient (Wildman–Crippen LogP) is 3.50. The van der Waals surface area contributed by atoms with E-state index in [1.165, 1.54) is 0 Å². The molecule has 178 valence electrons. The van der Waals surface area contributed by atoms with Crippen LogP contribution in [0, 0.1) is 0 Å². The van der Waals surface area contributed by atoms with E-state index in [2.05, 4.69) is 31.4 Å². The van der Waals surface area contributed by atoms with Crippen LogP contribution in [0.2, 0.25) is 0 Å². The van der Waals surface area contributed by atoms with E-state index in [0.717, 1.165) is 22.0 Å². The van der Waals surface area contributed by atoms with Gasteiger partial charge < -0.3 is 19.8 Å². The smallest absolute Gasteiger partial charge is 0.252 e. The summed E-state index contributed by atoms with van der Waals surface area (Å²) in [7, 11) is 1.63. The standard InChI is InChI=1S/C26H26N6O3/c1-3-35-22-10-9-17(13-23(22)34-2)19(20-16-28-21-8-5-4-7-18(20)21)15-29-25(33)14-24-30-26-27-11-6-12-32(26)31-24/h4-13,16,19,28H,3,14-15H2,1-2H3,(H,29,33). The van der Waals surface area contributed by atoms with E-state index >= 15 is 0 Å². The molecule has 5 aromatic rings. The van der Waals surface area contributed by atoms with E-state index in [4.69, 9.17) is 9.47 Å². The van der Waals surface area contributed by atoms with Gasteiger partial charge in [0.25, 0.3) is 5.78 Å². The number of H-pyrrole nitrogens is 1. The van der Waals surface area contributed by atoms with Crippen LogP contribution in [0.1, 0.15) is 29.8 Å². The first-order chi connectivity index (χ1) is 17.2. The van der Waals surface area contributed by atoms with Gasteiger partial charge in [-0.15, -0.1) is 5.10 Å². The maximum Gasteiger partial charge on any atom is 0.252 e. The zero-order chi connectivity index (χ0) is 24.2. The van der Waals surface area contributed by atoms with Crippen LogP contribution in [0.3, 0.4) is 0 Å². The SMILES string of the molecule is CCOc1ccc(C(CNC(=O)Cc2nc3ncccn3n2)c2c[nH]c3ccccc23)cc1OC. The Morgan fingerprint density at radius 1 is 1.17 bits per heavy atom. The first-order valence-corrected chi connectivity index (χ1v) is 11.5. The second-order valence-corrected chi connectivity index (χ2v) is 8.06. The fraction of sp³-hybridized carbons (Fsp3) is 0.231. The van der Waals surface area contributed by atoms with Crippen molar-refractivity contribution in [2.24, 2.45) is 0 Å². The summed E-state index contributed by atoms with van der Waals surface area (Å²) in [5, 5.41) is 8.50. The van der Waals surface area contributed by atoms with Gasteiger partial charge in [0.1, 0.15) is 0 Å². The fourth-order valence-electron chi connectivity index (χ4n) is 4.24. The van der Waals surface area contributed by atoms with Crippen molar-refractivity contribution in [2.45, 2.75) is 19.3 Å². The highest BCUT2D eigenvalue weighted by molar-refractivity contribution is 5.84. The Balaban J connectivity index is 1.42. The molecule has 2 N–H and O–H groups in total. The molecule has 0 saturated heterocycles. The maximum absolute atomic E-state index is 12.8. The van der Waals surface area contributed by atoms with Gasteiger partial charge in [0, 0.05) is 42.0 Å². The molecule has 0 saturated carbocycles. The Labute approximate surface area is 202 Å². The van der Waals surface area contributed by atoms with Gasteiger partial charge in [0.2, 0.25) is 5.91 Å². The van der Waals surface area contributed by atoms with Gasteiger partial charge in [0.05, 0.1) is 20.1 Å². The highest BCUT2D eigenvalue weighted by Crippen LogP contribution is 2.35. The molecule has 0 bridgehead atoms. The number of fused-ring (bicyclic) bond motifs is 2. The molecule has 0 aliphatic heterocycles. The predicted molar refractivity (Wildman–Crippen MR) is 132 cm³/mol. The number of aromatic amines is 1. The van der Waals surface area contributed by atoms with Crippen LogP contribution in [0.25, 0.3) is 16.7 Å². The zero-order valence-electron chi connectivity index (χ0n) is 19.6. The molecule has 3 aromatic heterocycles. The van der Waals surface area contributed by atoms with Crippen molar-refractivity contribution in [1.29, 1.82) is 0 Å². The van der Waals surface area contributed by atoms with Crippen LogP contribution in [0.15, 0.2) is 67.1 Å². The molecule has 0 spiro atoms. The third kappa shape index (κ3) is 4.65. The highest BCUT2D eigenvalue weighted by Gasteiger charge is 2.21. The normalized spacial score (nSPS) is 12.1. The topological polar surface area (TPSA) is 106 Å². The Hall–Kier alpha value is -4.40. The largest absolute Gasteiger partial charge is 0.493 e. The summed E-state index contributed by atoms with van der Waals surface area (Å²) in [5.41, 5.74) is 3.13. The minimum atomic E-state index is -0.163. The average molecular weight is 471 g/mol. The van der Waals surface area contributed by atoms with Crippen molar-refractivity contribution in [3.63, 3.8) is 0 Å². The number of nitrogens with zero attached hydrogens (tertiary/aromatic N) is 4. The fourth-order valence-corrected chi connectivity index (χ4v) is 4.24. The molecule has 1 amide bonds. The lowest BCUT2D eigenvalue weighted by Crippen LogP contribution is -2.30. The quantitative estimate of drug-likeness (QED) is 0.342. The van der Waals surface area contributed by atoms with E-state index < -0.39 is 0 Å². The molecule has 0 radical (unpaired) electrons. The number of nitrogens with one attached hydrogen (secondary N) is 2. The molecular formula is C26H26N6O3. The van der Waals surface area contributed by atoms with E-state index in [1.807, 2.05) is 49.5 Å². The molecule has 0 aliphatic rings. The van der Waals surface area contributed by atoms with E-state index in [9.17, 15) is 4.79 Å². The van der Waals surface area contributed by atoms with Gasteiger partial charge >= 0.3 is 0 Å². The summed E-state index contributed by atoms with van der Waals surface area (Å²) in [4.78, 5) is 24.7. The van der Waals surface area contributed by atoms with Crippen molar-refractivity contribution in [1.82, 2.24) is 29.9 Å². The van der Waals surface area contributed by atoms with Crippen LogP contribution in [-0.4, -0.2) is 50.7 Å². The van der Waals surface area contributed by atoms with Crippen molar-refractivity contribution in [3.05, 3.63) is 84.1 Å². The van der Waals surface area contributed by atoms with Gasteiger partial charge in [-0.2, -0.15) is 4.98 Å². The van der Waals surface area contributed by atoms with E-state index in [1.54, 1.807) is 30.1 Å². The number of para-hydroxylation sites is 1. The van der Waals surface area contributed by atoms with Gasteiger partial charge in [-0.25, -0.2) is 9.50 Å². The number of aromatic nitrogens is 5. The molecule has 9 nitrogen and oxygen atoms in total. The zero-order valence-corrected chi connectivity index (χ0v) is 19.6. The van der Waals surface area contributed by atoms with E-state index in [-0.39, 0.29) is 18.2 Å². The monoisotopic (exact) mass is 470 g/mol. The van der Waals surface area contributed by atoms with Gasteiger partial charge in [-0.3, -0.25) is 4.79 Å². The van der Waals surface area contributed by atoms with Gasteiger partial charge in [-0.05, 0) is 42.3 Å². The van der Waals surface area contributed by atoms with Crippen molar-refractivity contribution < 1.29 is 14.3 Å². The third-order valence-electron chi connectivity index (χ3n) is 5.87. The third-order valence-corrected chi connectivity index (χ3v) is 5.87. The first kappa shape index (κ1) is 22.4. The summed E-state index contributed by atoms with van der Waals surface area (Å²) in [6, 6.07) is 15.8. The molecular weight excluding hydrogens is 444 g/mol. The number of hydrogen-bond acceptors (Lipinski definition) is 6. The number of carbonyl (C=O) groups is 1. The average Bonchev–Trinajstić information content (AvgIpc) is 3.49. The van der Waals surface area contributed by atoms with Crippen molar-refractivity contribution in [2.75, 3.05) is 20.3 Å². The number of methoxy groups -OCH3 is 1. The molecule has 1 unspecified atom stereocenters. The number of rotatable bonds is 9. The number of benzene rings is 2. The summed E-state index contributed by atoms with van der Waals surface area (Å²) in [6.07, 6.45) is 5.46. The number of ether oxygens (including phenoxy) is 2. The highest BCUT2D eigenvalue weighted by atomic mass is 16.5. The molecule has 0 fully saturated rings. The lowest BCUT2D eigenvalue weighted by Gasteiger charge is -2.20. The Morgan fingerprint density at radius 3 is 2.89 bits per heavy atom. The maximum atomic E-state index is 12.8. The lowest BCUT2D eigenvalue weighted by atomic mass is 9.90. The van der Waals surface area contributed by atoms with Crippen LogP contribution in [0.4, 0.5) is 0 Å². The molecule has 35 heavy (non-hydrogen) atoms. The number of carbonyl (C=O) groups excluding carboxylic acids is 1. The lowest BCUT2D eigenvalue weighted by molar-refractivity contribution is -0.120. The molecule has 5 rings (SSSR count). The molecule has 0 aliphatic carbocycles. The molecule has 9 heteroatoms. The van der Waals surface area contributed by atoms with Crippen LogP contribution in [-0.2, 0) is 11.2 Å². The summed E-state index contributed by atoms with van der Waals surface area (Å²) in [6.45, 7) is 2.87. The summed E-state index contributed by atoms with van der Waals surface area (Å²) in [5.74, 6) is 1.95. The molecule has 1 atom stereocenters. The minimum absolute atomic E-state index is 0.0660. The molecule has 2 aromatic carbocycles. The van der Waals surface area contributed by atoms with Crippen LogP contribution < -0.4 is 14.8 Å². The van der Waals surface area contributed by atoms with Crippen LogP contribution >= 0.6 is 0 Å². The van der Waals surface area contributed by atoms with Crippen LogP contribution in [0.5, 0.6) is 11.5 Å². The Kier molecular flexibility index (Phi) is 6.30. The van der Waals surface area contributed by atoms with Gasteiger partial charge in [0.15, 0.2) is 17.3 Å². The molecule has 3 heterocycles. The Morgan fingerprint density at radius 2 is 2.06 bits per heavy atom. The first-order valence-electron chi connectivity index (χ1n) is 11.5. The van der Waals surface area contributed by atoms with Crippen molar-refractivity contribution in [3.8, 4) is 11.5 Å². The second kappa shape index (κ2) is 9.84. The number of amides is 1. The number of hydrogen-bond donors (Lipinski definition) is 2.